The standard InChI is InChI=1S/C17H18ClNO2/c1-19(16-8-4-13(5-9-16)10-11-20)17(21)15-6-2-14(12-18)3-7-15/h2-9,20H,10-12H2,1H3. The van der Waals surface area contributed by atoms with Gasteiger partial charge in [0.15, 0.2) is 0 Å². The van der Waals surface area contributed by atoms with Gasteiger partial charge >= 0.3 is 0 Å². The molecule has 1 amide bonds. The van der Waals surface area contributed by atoms with Gasteiger partial charge in [0, 0.05) is 30.8 Å². The lowest BCUT2D eigenvalue weighted by molar-refractivity contribution is 0.0993. The summed E-state index contributed by atoms with van der Waals surface area (Å²) in [4.78, 5) is 14.0. The van der Waals surface area contributed by atoms with Crippen molar-refractivity contribution in [3.05, 3.63) is 65.2 Å². The van der Waals surface area contributed by atoms with E-state index in [0.717, 1.165) is 16.8 Å². The van der Waals surface area contributed by atoms with Crippen LogP contribution in [-0.4, -0.2) is 24.7 Å². The van der Waals surface area contributed by atoms with Crippen molar-refractivity contribution in [2.24, 2.45) is 0 Å². The Bertz CT molecular complexity index is 593. The van der Waals surface area contributed by atoms with Crippen LogP contribution in [0, 0.1) is 0 Å². The maximum Gasteiger partial charge on any atom is 0.258 e. The van der Waals surface area contributed by atoms with E-state index in [1.165, 1.54) is 0 Å². The van der Waals surface area contributed by atoms with E-state index in [-0.39, 0.29) is 12.5 Å². The lowest BCUT2D eigenvalue weighted by Gasteiger charge is -2.18. The Morgan fingerprint density at radius 3 is 2.14 bits per heavy atom. The van der Waals surface area contributed by atoms with Crippen LogP contribution in [0.5, 0.6) is 0 Å². The topological polar surface area (TPSA) is 40.5 Å². The van der Waals surface area contributed by atoms with Crippen LogP contribution in [0.2, 0.25) is 0 Å². The zero-order valence-corrected chi connectivity index (χ0v) is 12.7. The molecule has 0 aliphatic carbocycles. The van der Waals surface area contributed by atoms with Gasteiger partial charge in [-0.05, 0) is 41.8 Å². The molecule has 2 rings (SSSR count). The fraction of sp³-hybridized carbons (Fsp3) is 0.235. The lowest BCUT2D eigenvalue weighted by Crippen LogP contribution is -2.26. The van der Waals surface area contributed by atoms with Crippen LogP contribution in [0.15, 0.2) is 48.5 Å². The molecule has 0 heterocycles. The zero-order chi connectivity index (χ0) is 15.2. The molecule has 0 bridgehead atoms. The molecule has 110 valence electrons. The molecular weight excluding hydrogens is 286 g/mol. The molecule has 4 heteroatoms. The van der Waals surface area contributed by atoms with Crippen molar-refractivity contribution in [1.82, 2.24) is 0 Å². The van der Waals surface area contributed by atoms with E-state index in [2.05, 4.69) is 0 Å². The predicted molar refractivity (Wildman–Crippen MR) is 86.0 cm³/mol. The molecule has 0 spiro atoms. The van der Waals surface area contributed by atoms with Crippen LogP contribution >= 0.6 is 11.6 Å². The van der Waals surface area contributed by atoms with Crippen LogP contribution in [-0.2, 0) is 12.3 Å². The number of amides is 1. The second-order valence-electron chi connectivity index (χ2n) is 4.83. The first-order valence-electron chi connectivity index (χ1n) is 6.78. The first-order chi connectivity index (χ1) is 10.2. The highest BCUT2D eigenvalue weighted by molar-refractivity contribution is 6.17. The van der Waals surface area contributed by atoms with Gasteiger partial charge in [-0.15, -0.1) is 11.6 Å². The number of hydrogen-bond acceptors (Lipinski definition) is 2. The molecule has 0 aromatic heterocycles. The molecule has 0 aliphatic rings. The fourth-order valence-corrected chi connectivity index (χ4v) is 2.24. The molecule has 1 N–H and O–H groups in total. The van der Waals surface area contributed by atoms with Gasteiger partial charge in [-0.1, -0.05) is 24.3 Å². The van der Waals surface area contributed by atoms with Gasteiger partial charge in [0.2, 0.25) is 0 Å². The molecular formula is C17H18ClNO2. The number of benzene rings is 2. The highest BCUT2D eigenvalue weighted by Gasteiger charge is 2.13. The van der Waals surface area contributed by atoms with Gasteiger partial charge in [-0.3, -0.25) is 4.79 Å². The first-order valence-corrected chi connectivity index (χ1v) is 7.32. The van der Waals surface area contributed by atoms with Crippen molar-refractivity contribution >= 4 is 23.2 Å². The lowest BCUT2D eigenvalue weighted by atomic mass is 10.1. The molecule has 0 atom stereocenters. The Labute approximate surface area is 129 Å². The second-order valence-corrected chi connectivity index (χ2v) is 5.10. The number of rotatable bonds is 5. The van der Waals surface area contributed by atoms with Gasteiger partial charge in [0.25, 0.3) is 5.91 Å². The van der Waals surface area contributed by atoms with E-state index in [1.54, 1.807) is 24.1 Å². The van der Waals surface area contributed by atoms with Gasteiger partial charge < -0.3 is 10.0 Å². The third-order valence-electron chi connectivity index (χ3n) is 3.38. The number of nitrogens with zero attached hydrogens (tertiary/aromatic N) is 1. The highest BCUT2D eigenvalue weighted by Crippen LogP contribution is 2.17. The number of halogens is 1. The molecule has 0 saturated carbocycles. The summed E-state index contributed by atoms with van der Waals surface area (Å²) in [7, 11) is 1.75. The van der Waals surface area contributed by atoms with Crippen molar-refractivity contribution in [3.63, 3.8) is 0 Å². The monoisotopic (exact) mass is 303 g/mol. The van der Waals surface area contributed by atoms with Gasteiger partial charge in [-0.25, -0.2) is 0 Å². The second kappa shape index (κ2) is 7.25. The molecule has 0 radical (unpaired) electrons. The van der Waals surface area contributed by atoms with Crippen LogP contribution in [0.1, 0.15) is 21.5 Å². The smallest absolute Gasteiger partial charge is 0.258 e. The molecule has 2 aromatic rings. The van der Waals surface area contributed by atoms with Crippen LogP contribution in [0.25, 0.3) is 0 Å². The fourth-order valence-electron chi connectivity index (χ4n) is 2.06. The summed E-state index contributed by atoms with van der Waals surface area (Å²) in [5.41, 5.74) is 3.49. The molecule has 3 nitrogen and oxygen atoms in total. The molecule has 21 heavy (non-hydrogen) atoms. The van der Waals surface area contributed by atoms with Gasteiger partial charge in [-0.2, -0.15) is 0 Å². The minimum atomic E-state index is -0.0639. The summed E-state index contributed by atoms with van der Waals surface area (Å²) in [6.07, 6.45) is 0.623. The number of hydrogen-bond donors (Lipinski definition) is 1. The van der Waals surface area contributed by atoms with Crippen LogP contribution in [0.3, 0.4) is 0 Å². The number of carbonyl (C=O) groups excluding carboxylic acids is 1. The summed E-state index contributed by atoms with van der Waals surface area (Å²) in [5.74, 6) is 0.377. The van der Waals surface area contributed by atoms with Crippen LogP contribution in [0.4, 0.5) is 5.69 Å². The number of alkyl halides is 1. The minimum absolute atomic E-state index is 0.0639. The SMILES string of the molecule is CN(C(=O)c1ccc(CCl)cc1)c1ccc(CCO)cc1. The van der Waals surface area contributed by atoms with Crippen molar-refractivity contribution in [2.45, 2.75) is 12.3 Å². The van der Waals surface area contributed by atoms with E-state index < -0.39 is 0 Å². The predicted octanol–water partition coefficient (Wildman–Crippen LogP) is 3.24. The first kappa shape index (κ1) is 15.5. The van der Waals surface area contributed by atoms with Crippen molar-refractivity contribution < 1.29 is 9.90 Å². The van der Waals surface area contributed by atoms with E-state index in [1.807, 2.05) is 36.4 Å². The average molecular weight is 304 g/mol. The maximum atomic E-state index is 12.4. The zero-order valence-electron chi connectivity index (χ0n) is 11.9. The third kappa shape index (κ3) is 3.84. The molecule has 0 unspecified atom stereocenters. The van der Waals surface area contributed by atoms with Crippen molar-refractivity contribution in [1.29, 1.82) is 0 Å². The Kier molecular flexibility index (Phi) is 5.37. The molecule has 0 saturated heterocycles. The van der Waals surface area contributed by atoms with Crippen LogP contribution < -0.4 is 4.90 Å². The third-order valence-corrected chi connectivity index (χ3v) is 3.69. The summed E-state index contributed by atoms with van der Waals surface area (Å²) < 4.78 is 0. The minimum Gasteiger partial charge on any atom is -0.396 e. The Hall–Kier alpha value is -1.84. The van der Waals surface area contributed by atoms with Crippen molar-refractivity contribution in [3.8, 4) is 0 Å². The van der Waals surface area contributed by atoms with E-state index >= 15 is 0 Å². The summed E-state index contributed by atoms with van der Waals surface area (Å²) in [6.45, 7) is 0.126. The maximum absolute atomic E-state index is 12.4. The van der Waals surface area contributed by atoms with Gasteiger partial charge in [0.1, 0.15) is 0 Å². The Morgan fingerprint density at radius 1 is 1.05 bits per heavy atom. The van der Waals surface area contributed by atoms with Crippen molar-refractivity contribution in [2.75, 3.05) is 18.6 Å². The highest BCUT2D eigenvalue weighted by atomic mass is 35.5. The van der Waals surface area contributed by atoms with E-state index in [9.17, 15) is 4.79 Å². The average Bonchev–Trinajstić information content (AvgIpc) is 2.54. The number of carbonyl (C=O) groups is 1. The van der Waals surface area contributed by atoms with E-state index in [0.29, 0.717) is 17.9 Å². The summed E-state index contributed by atoms with van der Waals surface area (Å²) >= 11 is 5.74. The summed E-state index contributed by atoms with van der Waals surface area (Å²) in [6, 6.07) is 14.9. The van der Waals surface area contributed by atoms with E-state index in [4.69, 9.17) is 16.7 Å². The molecule has 0 aliphatic heterocycles. The number of aliphatic hydroxyl groups excluding tert-OH is 1. The quantitative estimate of drug-likeness (QED) is 0.862. The number of aliphatic hydroxyl groups is 1. The Morgan fingerprint density at radius 2 is 1.62 bits per heavy atom. The Balaban J connectivity index is 2.13. The normalized spacial score (nSPS) is 10.4. The van der Waals surface area contributed by atoms with Gasteiger partial charge in [0.05, 0.1) is 0 Å². The number of anilines is 1. The molecule has 2 aromatic carbocycles. The largest absolute Gasteiger partial charge is 0.396 e. The summed E-state index contributed by atoms with van der Waals surface area (Å²) in [5, 5.41) is 8.90. The molecule has 0 fully saturated rings.